The van der Waals surface area contributed by atoms with Gasteiger partial charge in [0.05, 0.1) is 22.2 Å². The number of nitrogens with zero attached hydrogens (tertiary/aromatic N) is 3. The lowest BCUT2D eigenvalue weighted by atomic mass is 10.2. The summed E-state index contributed by atoms with van der Waals surface area (Å²) < 4.78 is 12.3. The fourth-order valence-corrected chi connectivity index (χ4v) is 2.40. The molecule has 0 bridgehead atoms. The van der Waals surface area contributed by atoms with Gasteiger partial charge < -0.3 is 9.47 Å². The molecule has 0 amide bonds. The monoisotopic (exact) mass is 327 g/mol. The molecule has 2 aromatic rings. The maximum atomic E-state index is 10.9. The normalized spacial score (nSPS) is 21.7. The molecular weight excluding hydrogens is 317 g/mol. The minimum Gasteiger partial charge on any atom is -0.456 e. The predicted molar refractivity (Wildman–Crippen MR) is 77.2 cm³/mol. The number of carbonyl (C=O) groups excluding carboxylic acids is 1. The Morgan fingerprint density at radius 2 is 2.14 bits per heavy atom. The van der Waals surface area contributed by atoms with Crippen LogP contribution >= 0.6 is 23.2 Å². The number of hydrogen-bond acceptors (Lipinski definition) is 5. The molecule has 2 atom stereocenters. The lowest BCUT2D eigenvalue weighted by molar-refractivity contribution is -0.149. The zero-order valence-electron chi connectivity index (χ0n) is 11.0. The fourth-order valence-electron chi connectivity index (χ4n) is 2.08. The van der Waals surface area contributed by atoms with Crippen LogP contribution in [0.1, 0.15) is 13.2 Å². The lowest BCUT2D eigenvalue weighted by Gasteiger charge is -2.23. The largest absolute Gasteiger partial charge is 0.456 e. The second-order valence-corrected chi connectivity index (χ2v) is 5.36. The number of hydrogen-bond donors (Lipinski definition) is 0. The van der Waals surface area contributed by atoms with E-state index in [1.807, 2.05) is 0 Å². The van der Waals surface area contributed by atoms with Gasteiger partial charge in [0.15, 0.2) is 6.23 Å². The summed E-state index contributed by atoms with van der Waals surface area (Å²) >= 11 is 12.0. The Morgan fingerprint density at radius 1 is 1.38 bits per heavy atom. The van der Waals surface area contributed by atoms with Gasteiger partial charge in [0, 0.05) is 6.92 Å². The van der Waals surface area contributed by atoms with Crippen LogP contribution in [0, 0.1) is 0 Å². The molecule has 3 rings (SSSR count). The summed E-state index contributed by atoms with van der Waals surface area (Å²) in [6.07, 6.45) is 2.71. The highest BCUT2D eigenvalue weighted by Gasteiger charge is 2.22. The molecule has 1 aromatic carbocycles. The molecule has 0 aliphatic carbocycles. The number of halogens is 2. The Kier molecular flexibility index (Phi) is 3.84. The van der Waals surface area contributed by atoms with Crippen LogP contribution in [0.5, 0.6) is 0 Å². The first-order valence-electron chi connectivity index (χ1n) is 6.21. The van der Waals surface area contributed by atoms with Crippen LogP contribution in [0.25, 0.3) is 11.0 Å². The summed E-state index contributed by atoms with van der Waals surface area (Å²) in [7, 11) is 0. The Balaban J connectivity index is 1.88. The van der Waals surface area contributed by atoms with E-state index >= 15 is 0 Å². The van der Waals surface area contributed by atoms with Crippen molar-refractivity contribution in [1.29, 1.82) is 0 Å². The van der Waals surface area contributed by atoms with Crippen molar-refractivity contribution in [2.24, 2.45) is 0 Å². The average molecular weight is 328 g/mol. The highest BCUT2D eigenvalue weighted by Crippen LogP contribution is 2.29. The van der Waals surface area contributed by atoms with Crippen LogP contribution in [-0.2, 0) is 14.3 Å². The second kappa shape index (κ2) is 5.63. The van der Waals surface area contributed by atoms with Gasteiger partial charge in [0.1, 0.15) is 11.6 Å². The fraction of sp³-hybridized carbons (Fsp3) is 0.308. The Morgan fingerprint density at radius 3 is 2.81 bits per heavy atom. The minimum atomic E-state index is -0.431. The van der Waals surface area contributed by atoms with Crippen molar-refractivity contribution in [3.8, 4) is 0 Å². The Hall–Kier alpha value is -1.63. The summed E-state index contributed by atoms with van der Waals surface area (Å²) in [5.74, 6) is -0.348. The first-order chi connectivity index (χ1) is 10.0. The van der Waals surface area contributed by atoms with Crippen molar-refractivity contribution in [3.63, 3.8) is 0 Å². The average Bonchev–Trinajstić information content (AvgIpc) is 2.82. The molecule has 0 N–H and O–H groups in total. The van der Waals surface area contributed by atoms with Crippen LogP contribution in [0.3, 0.4) is 0 Å². The van der Waals surface area contributed by atoms with Crippen molar-refractivity contribution in [2.45, 2.75) is 19.3 Å². The molecule has 0 spiro atoms. The van der Waals surface area contributed by atoms with Gasteiger partial charge >= 0.3 is 5.97 Å². The van der Waals surface area contributed by atoms with Crippen LogP contribution in [0.15, 0.2) is 24.3 Å². The third kappa shape index (κ3) is 2.88. The molecule has 0 fully saturated rings. The molecule has 1 aliphatic heterocycles. The molecule has 21 heavy (non-hydrogen) atoms. The smallest absolute Gasteiger partial charge is 0.303 e. The number of aromatic nitrogens is 3. The molecule has 1 aliphatic rings. The Labute approximate surface area is 130 Å². The molecule has 2 heterocycles. The summed E-state index contributed by atoms with van der Waals surface area (Å²) in [4.78, 5) is 10.9. The number of ether oxygens (including phenoxy) is 2. The molecule has 8 heteroatoms. The van der Waals surface area contributed by atoms with Crippen LogP contribution in [-0.4, -0.2) is 33.7 Å². The van der Waals surface area contributed by atoms with Gasteiger partial charge in [0.25, 0.3) is 0 Å². The minimum absolute atomic E-state index is 0.253. The molecule has 0 radical (unpaired) electrons. The van der Waals surface area contributed by atoms with E-state index in [1.54, 1.807) is 29.0 Å². The lowest BCUT2D eigenvalue weighted by Crippen LogP contribution is -2.27. The van der Waals surface area contributed by atoms with Crippen molar-refractivity contribution < 1.29 is 14.3 Å². The van der Waals surface area contributed by atoms with Crippen molar-refractivity contribution in [3.05, 3.63) is 34.3 Å². The first-order valence-corrected chi connectivity index (χ1v) is 6.97. The molecule has 110 valence electrons. The maximum absolute atomic E-state index is 10.9. The molecular formula is C13H11Cl2N3O3. The zero-order chi connectivity index (χ0) is 15.0. The van der Waals surface area contributed by atoms with Gasteiger partial charge in [-0.15, -0.1) is 5.10 Å². The molecule has 1 aromatic heterocycles. The van der Waals surface area contributed by atoms with Gasteiger partial charge in [-0.3, -0.25) is 4.79 Å². The molecule has 0 saturated carbocycles. The molecule has 6 nitrogen and oxygen atoms in total. The quantitative estimate of drug-likeness (QED) is 0.626. The van der Waals surface area contributed by atoms with Crippen molar-refractivity contribution in [2.75, 3.05) is 6.61 Å². The third-order valence-electron chi connectivity index (χ3n) is 2.99. The van der Waals surface area contributed by atoms with E-state index < -0.39 is 6.23 Å². The highest BCUT2D eigenvalue weighted by atomic mass is 35.5. The van der Waals surface area contributed by atoms with E-state index in [2.05, 4.69) is 10.3 Å². The number of esters is 1. The molecule has 0 unspecified atom stereocenters. The van der Waals surface area contributed by atoms with E-state index in [-0.39, 0.29) is 18.7 Å². The highest BCUT2D eigenvalue weighted by molar-refractivity contribution is 6.42. The van der Waals surface area contributed by atoms with Gasteiger partial charge in [-0.1, -0.05) is 28.4 Å². The van der Waals surface area contributed by atoms with Gasteiger partial charge in [-0.2, -0.15) is 0 Å². The number of fused-ring (bicyclic) bond motifs is 1. The number of benzene rings is 1. The number of rotatable bonds is 2. The summed E-state index contributed by atoms with van der Waals surface area (Å²) in [6.45, 7) is 1.61. The van der Waals surface area contributed by atoms with E-state index in [0.717, 1.165) is 0 Å². The predicted octanol–water partition coefficient (Wildman–Crippen LogP) is 2.75. The van der Waals surface area contributed by atoms with Crippen LogP contribution in [0.4, 0.5) is 0 Å². The SMILES string of the molecule is CC(=O)O[C@@H]1C=C[C@@H](n2nnc3cc(Cl)c(Cl)cc32)OC1. The zero-order valence-corrected chi connectivity index (χ0v) is 12.5. The van der Waals surface area contributed by atoms with Crippen molar-refractivity contribution >= 4 is 40.2 Å². The van der Waals surface area contributed by atoms with E-state index in [0.29, 0.717) is 21.1 Å². The van der Waals surface area contributed by atoms with Gasteiger partial charge in [0.2, 0.25) is 0 Å². The van der Waals surface area contributed by atoms with E-state index in [4.69, 9.17) is 32.7 Å². The molecule has 0 saturated heterocycles. The summed E-state index contributed by atoms with van der Waals surface area (Å²) in [6, 6.07) is 3.34. The number of carbonyl (C=O) groups is 1. The van der Waals surface area contributed by atoms with Gasteiger partial charge in [-0.25, -0.2) is 4.68 Å². The van der Waals surface area contributed by atoms with E-state index in [1.165, 1.54) is 6.92 Å². The third-order valence-corrected chi connectivity index (χ3v) is 3.72. The van der Waals surface area contributed by atoms with Gasteiger partial charge in [-0.05, 0) is 24.3 Å². The first kappa shape index (κ1) is 14.3. The van der Waals surface area contributed by atoms with Crippen molar-refractivity contribution in [1.82, 2.24) is 15.0 Å². The topological polar surface area (TPSA) is 66.2 Å². The standard InChI is InChI=1S/C13H11Cl2N3O3/c1-7(19)21-8-2-3-13(20-6-8)18-12-5-10(15)9(14)4-11(12)16-17-18/h2-5,8,13H,6H2,1H3/t8-,13+/m1/s1. The second-order valence-electron chi connectivity index (χ2n) is 4.55. The Bertz CT molecular complexity index is 729. The van der Waals surface area contributed by atoms with Crippen LogP contribution in [0.2, 0.25) is 10.0 Å². The van der Waals surface area contributed by atoms with Crippen LogP contribution < -0.4 is 0 Å². The van der Waals surface area contributed by atoms with E-state index in [9.17, 15) is 4.79 Å². The summed E-state index contributed by atoms with van der Waals surface area (Å²) in [5, 5.41) is 8.93. The maximum Gasteiger partial charge on any atom is 0.303 e. The summed E-state index contributed by atoms with van der Waals surface area (Å²) in [5.41, 5.74) is 1.34.